The number of carboxylic acids is 1. The molecule has 0 amide bonds. The van der Waals surface area contributed by atoms with E-state index < -0.39 is 317 Å². The normalized spacial score (nSPS) is 54.9. The molecule has 7 aliphatic heterocycles. The van der Waals surface area contributed by atoms with Crippen LogP contribution in [0, 0.1) is 50.2 Å². The minimum Gasteiger partial charge on any atom is -0.481 e. The first kappa shape index (κ1) is 83.7. The molecule has 614 valence electrons. The van der Waals surface area contributed by atoms with E-state index in [1.807, 2.05) is 33.8 Å². The number of rotatable bonds is 19. The first-order valence-corrected chi connectivity index (χ1v) is 36.8. The van der Waals surface area contributed by atoms with E-state index in [-0.39, 0.29) is 32.1 Å². The summed E-state index contributed by atoms with van der Waals surface area (Å²) in [4.78, 5) is 30.2. The van der Waals surface area contributed by atoms with Crippen molar-refractivity contribution < 1.29 is 188 Å². The first-order valence-electron chi connectivity index (χ1n) is 36.8. The zero-order valence-electron chi connectivity index (χ0n) is 60.3. The van der Waals surface area contributed by atoms with E-state index in [1.165, 1.54) is 13.8 Å². The highest BCUT2D eigenvalue weighted by Gasteiger charge is 2.75. The number of carbonyl (C=O) groups is 2. The number of esters is 1. The van der Waals surface area contributed by atoms with Crippen molar-refractivity contribution in [3.63, 3.8) is 0 Å². The van der Waals surface area contributed by atoms with Crippen LogP contribution in [0.25, 0.3) is 0 Å². The highest BCUT2D eigenvalue weighted by Crippen LogP contribution is 2.76. The third kappa shape index (κ3) is 14.1. The Kier molecular flexibility index (Phi) is 24.4. The summed E-state index contributed by atoms with van der Waals surface area (Å²) in [6.07, 6.45) is -57.4. The van der Waals surface area contributed by atoms with E-state index in [1.54, 1.807) is 0 Å². The number of carboxylic acid groups (broad SMARTS) is 1. The Morgan fingerprint density at radius 1 is 0.495 bits per heavy atom. The van der Waals surface area contributed by atoms with E-state index in [4.69, 9.17) is 66.3 Å². The smallest absolute Gasteiger partial charge is 0.317 e. The highest BCUT2D eigenvalue weighted by molar-refractivity contribution is 5.80. The molecule has 7 heterocycles. The molecule has 0 aromatic rings. The van der Waals surface area contributed by atoms with Crippen LogP contribution in [0.5, 0.6) is 0 Å². The molecule has 12 aliphatic rings. The standard InChI is InChI=1S/C69H110O38/c1-24-47(101-54-44(86)36(78)28(75)20-94-54)48(102-60-52(89)68(93,22-73)23-96-60)46(88)56(97-24)103-49-37(79)29(76)21-95-57(49)107-62(92)69-13-12-63(2,3)14-26(69)25-8-9-33-64(4)15-27(74)53(67(7,61(90)91)34(64)10-11-65(33,5)66(25,6)16-35(69)77)106-59-51(43(85)40(82)32(19-72)100-59)105-58-50(42(84)39(81)31(18-71)99-58)104-55-45(87)41(83)38(80)30(17-70)98-55/h8,24,26-60,70-89,93H,9-23H2,1-7H3,(H,90,91)/t24-,26-,27-,28+,29-,30+,31+,32+,33+,34+,35+,36-,37-,38+,39+,40+,41-,42-,43-,44+,45+,46+,47-,48-,49+,50+,51+,52-,53-,54-,55-,56-,57-,58-,59-,60-,64+,65+,66+,67-,68+,69+/m0/s1. The number of ether oxygens (including phenoxy) is 14. The summed E-state index contributed by atoms with van der Waals surface area (Å²) in [5.41, 5.74) is -8.63. The van der Waals surface area contributed by atoms with Gasteiger partial charge in [0.05, 0.1) is 70.0 Å². The van der Waals surface area contributed by atoms with Crippen molar-refractivity contribution in [2.24, 2.45) is 50.2 Å². The van der Waals surface area contributed by atoms with Crippen LogP contribution in [-0.2, 0) is 75.9 Å². The highest BCUT2D eigenvalue weighted by atomic mass is 16.8. The Bertz CT molecular complexity index is 3120. The molecule has 22 N–H and O–H groups in total. The quantitative estimate of drug-likeness (QED) is 0.0324. The van der Waals surface area contributed by atoms with E-state index in [2.05, 4.69) is 6.92 Å². The molecule has 0 aromatic carbocycles. The molecule has 38 heteroatoms. The average Bonchev–Trinajstić information content (AvgIpc) is 0.912. The van der Waals surface area contributed by atoms with Gasteiger partial charge in [-0.2, -0.15) is 0 Å². The van der Waals surface area contributed by atoms with E-state index in [9.17, 15) is 117 Å². The van der Waals surface area contributed by atoms with Crippen molar-refractivity contribution in [3.8, 4) is 0 Å². The topological polar surface area (TPSA) is 608 Å². The third-order valence-corrected chi connectivity index (χ3v) is 26.8. The minimum atomic E-state index is -2.23. The largest absolute Gasteiger partial charge is 0.481 e. The summed E-state index contributed by atoms with van der Waals surface area (Å²) in [7, 11) is 0. The predicted molar refractivity (Wildman–Crippen MR) is 346 cm³/mol. The molecule has 4 saturated carbocycles. The van der Waals surface area contributed by atoms with Crippen LogP contribution in [0.15, 0.2) is 11.6 Å². The summed E-state index contributed by atoms with van der Waals surface area (Å²) < 4.78 is 83.8. The Morgan fingerprint density at radius 3 is 1.59 bits per heavy atom. The fourth-order valence-corrected chi connectivity index (χ4v) is 20.2. The molecule has 38 nitrogen and oxygen atoms in total. The van der Waals surface area contributed by atoms with Gasteiger partial charge in [0, 0.05) is 0 Å². The molecule has 0 bridgehead atoms. The van der Waals surface area contributed by atoms with Gasteiger partial charge in [-0.15, -0.1) is 0 Å². The summed E-state index contributed by atoms with van der Waals surface area (Å²) >= 11 is 0. The van der Waals surface area contributed by atoms with Crippen LogP contribution < -0.4 is 0 Å². The third-order valence-electron chi connectivity index (χ3n) is 26.8. The summed E-state index contributed by atoms with van der Waals surface area (Å²) in [6, 6.07) is 0. The number of aliphatic hydroxyl groups excluding tert-OH is 20. The van der Waals surface area contributed by atoms with Crippen molar-refractivity contribution in [2.75, 3.05) is 46.2 Å². The molecule has 11 fully saturated rings. The molecule has 42 atom stereocenters. The first-order chi connectivity index (χ1) is 50.2. The van der Waals surface area contributed by atoms with Crippen LogP contribution >= 0.6 is 0 Å². The number of carbonyl (C=O) groups excluding carboxylic acids is 1. The van der Waals surface area contributed by atoms with Gasteiger partial charge in [0.15, 0.2) is 43.8 Å². The number of fused-ring (bicyclic) bond motifs is 7. The number of hydrogen-bond donors (Lipinski definition) is 22. The number of aliphatic carboxylic acids is 1. The Hall–Kier alpha value is -2.68. The lowest BCUT2D eigenvalue weighted by Gasteiger charge is -2.71. The van der Waals surface area contributed by atoms with Gasteiger partial charge < -0.3 is 179 Å². The van der Waals surface area contributed by atoms with E-state index in [0.29, 0.717) is 19.3 Å². The minimum absolute atomic E-state index is 0.0626. The van der Waals surface area contributed by atoms with Crippen molar-refractivity contribution in [1.29, 1.82) is 0 Å². The molecule has 0 radical (unpaired) electrons. The molecular weight excluding hydrogens is 1440 g/mol. The van der Waals surface area contributed by atoms with Crippen molar-refractivity contribution in [2.45, 2.75) is 308 Å². The molecule has 7 saturated heterocycles. The number of aliphatic hydroxyl groups is 21. The number of hydrogen-bond acceptors (Lipinski definition) is 37. The van der Waals surface area contributed by atoms with Crippen LogP contribution in [-0.4, -0.2) is 379 Å². The van der Waals surface area contributed by atoms with Crippen molar-refractivity contribution in [3.05, 3.63) is 11.6 Å². The van der Waals surface area contributed by atoms with Crippen LogP contribution in [0.1, 0.15) is 99.8 Å². The maximum absolute atomic E-state index is 15.8. The monoisotopic (exact) mass is 1550 g/mol. The molecule has 0 unspecified atom stereocenters. The second-order valence-electron chi connectivity index (χ2n) is 33.5. The fourth-order valence-electron chi connectivity index (χ4n) is 20.2. The average molecular weight is 1550 g/mol. The van der Waals surface area contributed by atoms with Gasteiger partial charge in [0.2, 0.25) is 6.29 Å². The van der Waals surface area contributed by atoms with Gasteiger partial charge in [0.25, 0.3) is 0 Å². The molecule has 5 aliphatic carbocycles. The van der Waals surface area contributed by atoms with Crippen LogP contribution in [0.4, 0.5) is 0 Å². The Morgan fingerprint density at radius 2 is 1.01 bits per heavy atom. The summed E-state index contributed by atoms with van der Waals surface area (Å²) in [5, 5.41) is 245. The van der Waals surface area contributed by atoms with Crippen molar-refractivity contribution >= 4 is 11.9 Å². The SMILES string of the molecule is C[C@@H]1O[C@@H](O[C@H]2[C@H](OC(=O)[C@]34CCC(C)(C)C[C@H]3C3=CC[C@@H]5[C@@]6(C)C[C@H](O)[C@H](O[C@@H]7O[C@H](CO)[C@@H](O)[C@H](O)[C@H]7O[C@@H]7O[C@H](CO)[C@@H](O)[C@H](O)[C@H]7O[C@@H]7O[C@H](CO)[C@@H](O)[C@H](O)[C@H]7O)[C@@](C)(C(=O)O)[C@@H]6CC[C@@]5(C)[C@]3(C)C[C@H]4O)OC[C@H](O)[C@@H]2O)[C@H](O)[C@H](O[C@@H]2OC[C@](O)(CO)[C@H]2O)[C@H]1O[C@@H]1OC[C@@H](O)[C@H](O)[C@H]1O. The zero-order valence-corrected chi connectivity index (χ0v) is 60.3. The molecule has 12 rings (SSSR count). The predicted octanol–water partition coefficient (Wildman–Crippen LogP) is -8.61. The van der Waals surface area contributed by atoms with E-state index >= 15 is 4.79 Å². The molecule has 0 spiro atoms. The van der Waals surface area contributed by atoms with Gasteiger partial charge in [-0.3, -0.25) is 9.59 Å². The molecule has 107 heavy (non-hydrogen) atoms. The van der Waals surface area contributed by atoms with Crippen molar-refractivity contribution in [1.82, 2.24) is 0 Å². The lowest BCUT2D eigenvalue weighted by molar-refractivity contribution is -0.400. The maximum Gasteiger partial charge on any atom is 0.317 e. The summed E-state index contributed by atoms with van der Waals surface area (Å²) in [6.45, 7) is 7.22. The van der Waals surface area contributed by atoms with Crippen LogP contribution in [0.2, 0.25) is 0 Å². The number of allylic oxidation sites excluding steroid dienone is 2. The second-order valence-corrected chi connectivity index (χ2v) is 33.5. The fraction of sp³-hybridized carbons (Fsp3) is 0.942. The summed E-state index contributed by atoms with van der Waals surface area (Å²) in [5.74, 6) is -4.51. The molecular formula is C69H110O38. The van der Waals surface area contributed by atoms with Gasteiger partial charge in [-0.05, 0) is 105 Å². The maximum atomic E-state index is 15.8. The van der Waals surface area contributed by atoms with Crippen LogP contribution in [0.3, 0.4) is 0 Å². The molecule has 0 aromatic heterocycles. The Balaban J connectivity index is 0.804. The van der Waals surface area contributed by atoms with Gasteiger partial charge in [0.1, 0.15) is 145 Å². The van der Waals surface area contributed by atoms with E-state index in [0.717, 1.165) is 5.57 Å². The van der Waals surface area contributed by atoms with Gasteiger partial charge in [-0.1, -0.05) is 46.3 Å². The second kappa shape index (κ2) is 31.2. The van der Waals surface area contributed by atoms with Gasteiger partial charge in [-0.25, -0.2) is 0 Å². The lowest BCUT2D eigenvalue weighted by atomic mass is 9.33. The van der Waals surface area contributed by atoms with Gasteiger partial charge >= 0.3 is 11.9 Å². The zero-order chi connectivity index (χ0) is 78.2. The lowest BCUT2D eigenvalue weighted by Crippen LogP contribution is -2.71. The Labute approximate surface area is 614 Å².